The summed E-state index contributed by atoms with van der Waals surface area (Å²) in [5, 5.41) is 9.33. The Labute approximate surface area is 132 Å². The maximum Gasteiger partial charge on any atom is 0.301 e. The zero-order valence-electron chi connectivity index (χ0n) is 11.6. The lowest BCUT2D eigenvalue weighted by molar-refractivity contribution is 0.156. The molecule has 0 saturated carbocycles. The van der Waals surface area contributed by atoms with Crippen molar-refractivity contribution in [2.75, 3.05) is 17.9 Å². The number of anilines is 1. The van der Waals surface area contributed by atoms with Gasteiger partial charge in [-0.05, 0) is 53.4 Å². The van der Waals surface area contributed by atoms with Crippen LogP contribution in [0.4, 0.5) is 10.1 Å². The summed E-state index contributed by atoms with van der Waals surface area (Å²) in [5.41, 5.74) is 0.822. The van der Waals surface area contributed by atoms with Gasteiger partial charge in [-0.1, -0.05) is 6.42 Å². The van der Waals surface area contributed by atoms with E-state index >= 15 is 0 Å². The summed E-state index contributed by atoms with van der Waals surface area (Å²) in [7, 11) is -3.77. The van der Waals surface area contributed by atoms with Crippen LogP contribution < -0.4 is 4.72 Å². The molecule has 1 saturated heterocycles. The number of hydrogen-bond donors (Lipinski definition) is 2. The number of benzene rings is 1. The van der Waals surface area contributed by atoms with Gasteiger partial charge in [0.15, 0.2) is 0 Å². The van der Waals surface area contributed by atoms with Crippen molar-refractivity contribution in [1.29, 1.82) is 0 Å². The van der Waals surface area contributed by atoms with Crippen molar-refractivity contribution in [3.63, 3.8) is 0 Å². The Morgan fingerprint density at radius 1 is 1.48 bits per heavy atom. The molecule has 1 atom stereocenters. The third kappa shape index (κ3) is 3.74. The molecule has 0 radical (unpaired) electrons. The molecule has 0 bridgehead atoms. The molecule has 0 spiro atoms. The van der Waals surface area contributed by atoms with Crippen LogP contribution in [0.5, 0.6) is 0 Å². The molecule has 5 nitrogen and oxygen atoms in total. The van der Waals surface area contributed by atoms with Gasteiger partial charge in [0.05, 0.1) is 16.8 Å². The molecule has 0 aliphatic carbocycles. The van der Waals surface area contributed by atoms with E-state index in [1.807, 2.05) is 0 Å². The van der Waals surface area contributed by atoms with Crippen molar-refractivity contribution in [3.05, 3.63) is 28.0 Å². The fraction of sp³-hybridized carbons (Fsp3) is 0.538. The standard InChI is InChI=1S/C13H18BrFN2O3S/c1-9-6-12(15)11(14)7-13(9)16-21(19,20)17-5-3-2-4-10(17)8-18/h6-7,10,16,18H,2-5,8H2,1H3. The number of nitrogens with zero attached hydrogens (tertiary/aromatic N) is 1. The first-order chi connectivity index (χ1) is 9.85. The van der Waals surface area contributed by atoms with Crippen LogP contribution in [0, 0.1) is 12.7 Å². The van der Waals surface area contributed by atoms with Gasteiger partial charge in [-0.2, -0.15) is 12.7 Å². The SMILES string of the molecule is Cc1cc(F)c(Br)cc1NS(=O)(=O)N1CCCCC1CO. The van der Waals surface area contributed by atoms with Gasteiger partial charge in [0.1, 0.15) is 5.82 Å². The Morgan fingerprint density at radius 2 is 2.19 bits per heavy atom. The first kappa shape index (κ1) is 16.7. The van der Waals surface area contributed by atoms with Crippen molar-refractivity contribution in [3.8, 4) is 0 Å². The molecule has 8 heteroatoms. The third-order valence-corrected chi connectivity index (χ3v) is 5.78. The number of aliphatic hydroxyl groups excluding tert-OH is 1. The summed E-state index contributed by atoms with van der Waals surface area (Å²) >= 11 is 3.05. The van der Waals surface area contributed by atoms with Crippen LogP contribution in [-0.4, -0.2) is 37.0 Å². The van der Waals surface area contributed by atoms with Gasteiger partial charge in [-0.3, -0.25) is 4.72 Å². The van der Waals surface area contributed by atoms with Crippen molar-refractivity contribution >= 4 is 31.8 Å². The minimum absolute atomic E-state index is 0.197. The summed E-state index contributed by atoms with van der Waals surface area (Å²) in [4.78, 5) is 0. The predicted molar refractivity (Wildman–Crippen MR) is 82.8 cm³/mol. The zero-order chi connectivity index (χ0) is 15.6. The summed E-state index contributed by atoms with van der Waals surface area (Å²) in [6.07, 6.45) is 2.31. The number of aliphatic hydroxyl groups is 1. The summed E-state index contributed by atoms with van der Waals surface area (Å²) in [5.74, 6) is -0.443. The highest BCUT2D eigenvalue weighted by Crippen LogP contribution is 2.27. The first-order valence-electron chi connectivity index (χ1n) is 6.71. The number of hydrogen-bond acceptors (Lipinski definition) is 3. The second-order valence-corrected chi connectivity index (χ2v) is 7.61. The highest BCUT2D eigenvalue weighted by Gasteiger charge is 2.32. The second-order valence-electron chi connectivity index (χ2n) is 5.13. The largest absolute Gasteiger partial charge is 0.395 e. The quantitative estimate of drug-likeness (QED) is 0.842. The molecular formula is C13H18BrFN2O3S. The smallest absolute Gasteiger partial charge is 0.301 e. The van der Waals surface area contributed by atoms with E-state index in [2.05, 4.69) is 20.7 Å². The van der Waals surface area contributed by atoms with Gasteiger partial charge in [0.2, 0.25) is 0 Å². The zero-order valence-corrected chi connectivity index (χ0v) is 14.0. The number of piperidine rings is 1. The number of halogens is 2. The van der Waals surface area contributed by atoms with Crippen LogP contribution in [0.3, 0.4) is 0 Å². The molecular weight excluding hydrogens is 363 g/mol. The van der Waals surface area contributed by atoms with Crippen molar-refractivity contribution < 1.29 is 17.9 Å². The molecule has 2 N–H and O–H groups in total. The van der Waals surface area contributed by atoms with Crippen LogP contribution in [-0.2, 0) is 10.2 Å². The summed E-state index contributed by atoms with van der Waals surface area (Å²) < 4.78 is 42.3. The molecule has 1 fully saturated rings. The first-order valence-corrected chi connectivity index (χ1v) is 8.94. The van der Waals surface area contributed by atoms with Crippen LogP contribution in [0.15, 0.2) is 16.6 Å². The lowest BCUT2D eigenvalue weighted by Gasteiger charge is -2.33. The maximum absolute atomic E-state index is 13.4. The van der Waals surface area contributed by atoms with E-state index in [4.69, 9.17) is 0 Å². The Kier molecular flexibility index (Phi) is 5.24. The number of aryl methyl sites for hydroxylation is 1. The molecule has 1 aliphatic heterocycles. The topological polar surface area (TPSA) is 69.6 Å². The lowest BCUT2D eigenvalue weighted by atomic mass is 10.1. The van der Waals surface area contributed by atoms with E-state index in [1.54, 1.807) is 6.92 Å². The van der Waals surface area contributed by atoms with Gasteiger partial charge in [0, 0.05) is 12.6 Å². The van der Waals surface area contributed by atoms with Crippen LogP contribution >= 0.6 is 15.9 Å². The molecule has 21 heavy (non-hydrogen) atoms. The highest BCUT2D eigenvalue weighted by molar-refractivity contribution is 9.10. The fourth-order valence-corrected chi connectivity index (χ4v) is 4.32. The molecule has 1 unspecified atom stereocenters. The Bertz CT molecular complexity index is 624. The molecule has 1 aliphatic rings. The molecule has 2 rings (SSSR count). The number of rotatable bonds is 4. The van der Waals surface area contributed by atoms with Crippen molar-refractivity contribution in [1.82, 2.24) is 4.31 Å². The van der Waals surface area contributed by atoms with Crippen LogP contribution in [0.1, 0.15) is 24.8 Å². The predicted octanol–water partition coefficient (Wildman–Crippen LogP) is 2.40. The minimum atomic E-state index is -3.77. The highest BCUT2D eigenvalue weighted by atomic mass is 79.9. The molecule has 1 heterocycles. The second kappa shape index (κ2) is 6.60. The Balaban J connectivity index is 2.26. The Hall–Kier alpha value is -0.700. The molecule has 1 aromatic rings. The van der Waals surface area contributed by atoms with Gasteiger partial charge in [-0.15, -0.1) is 0 Å². The Morgan fingerprint density at radius 3 is 2.86 bits per heavy atom. The van der Waals surface area contributed by atoms with E-state index in [0.717, 1.165) is 12.8 Å². The summed E-state index contributed by atoms with van der Waals surface area (Å²) in [6.45, 7) is 1.81. The summed E-state index contributed by atoms with van der Waals surface area (Å²) in [6, 6.07) is 2.27. The van der Waals surface area contributed by atoms with Gasteiger partial charge in [-0.25, -0.2) is 4.39 Å². The number of nitrogens with one attached hydrogen (secondary N) is 1. The van der Waals surface area contributed by atoms with E-state index in [9.17, 15) is 17.9 Å². The fourth-order valence-electron chi connectivity index (χ4n) is 2.43. The van der Waals surface area contributed by atoms with Gasteiger partial charge in [0.25, 0.3) is 0 Å². The van der Waals surface area contributed by atoms with Crippen LogP contribution in [0.2, 0.25) is 0 Å². The molecule has 118 valence electrons. The molecule has 0 aromatic heterocycles. The maximum atomic E-state index is 13.4. The van der Waals surface area contributed by atoms with Crippen molar-refractivity contribution in [2.45, 2.75) is 32.2 Å². The minimum Gasteiger partial charge on any atom is -0.395 e. The van der Waals surface area contributed by atoms with E-state index in [-0.39, 0.29) is 11.1 Å². The van der Waals surface area contributed by atoms with E-state index < -0.39 is 22.1 Å². The normalized spacial score (nSPS) is 20.5. The van der Waals surface area contributed by atoms with E-state index in [1.165, 1.54) is 16.4 Å². The monoisotopic (exact) mass is 380 g/mol. The lowest BCUT2D eigenvalue weighted by Crippen LogP contribution is -2.48. The average molecular weight is 381 g/mol. The third-order valence-electron chi connectivity index (χ3n) is 3.60. The van der Waals surface area contributed by atoms with Crippen molar-refractivity contribution in [2.24, 2.45) is 0 Å². The van der Waals surface area contributed by atoms with Gasteiger partial charge < -0.3 is 5.11 Å². The van der Waals surface area contributed by atoms with E-state index in [0.29, 0.717) is 24.2 Å². The average Bonchev–Trinajstić information content (AvgIpc) is 2.44. The van der Waals surface area contributed by atoms with Crippen LogP contribution in [0.25, 0.3) is 0 Å². The van der Waals surface area contributed by atoms with Gasteiger partial charge >= 0.3 is 10.2 Å². The molecule has 1 aromatic carbocycles. The molecule has 0 amide bonds.